The number of carbonyl (C=O) groups is 1. The Kier molecular flexibility index (Phi) is 6.56. The van der Waals surface area contributed by atoms with Crippen molar-refractivity contribution in [3.63, 3.8) is 0 Å². The molecule has 0 aliphatic rings. The van der Waals surface area contributed by atoms with Crippen LogP contribution in [0.15, 0.2) is 11.6 Å². The maximum Gasteiger partial charge on any atom is 0.145 e. The molecule has 1 heteroatoms. The van der Waals surface area contributed by atoms with E-state index in [1.54, 1.807) is 0 Å². The van der Waals surface area contributed by atoms with Crippen LogP contribution in [0.5, 0.6) is 0 Å². The molecule has 0 aliphatic heterocycles. The molecule has 0 aromatic rings. The van der Waals surface area contributed by atoms with Crippen LogP contribution < -0.4 is 0 Å². The van der Waals surface area contributed by atoms with Gasteiger partial charge in [0.15, 0.2) is 0 Å². The molecule has 0 saturated heterocycles. The Hall–Kier alpha value is -0.590. The van der Waals surface area contributed by atoms with Gasteiger partial charge in [-0.2, -0.15) is 0 Å². The number of aldehydes is 1. The smallest absolute Gasteiger partial charge is 0.145 e. The summed E-state index contributed by atoms with van der Waals surface area (Å²) in [7, 11) is 0. The second kappa shape index (κ2) is 6.88. The average Bonchev–Trinajstić information content (AvgIpc) is 2.11. The third kappa shape index (κ3) is 5.62. The van der Waals surface area contributed by atoms with Crippen LogP contribution in [0.2, 0.25) is 0 Å². The van der Waals surface area contributed by atoms with Gasteiger partial charge in [0.1, 0.15) is 6.29 Å². The van der Waals surface area contributed by atoms with Gasteiger partial charge < -0.3 is 0 Å². The summed E-state index contributed by atoms with van der Waals surface area (Å²) in [4.78, 5) is 10.7. The van der Waals surface area contributed by atoms with Crippen molar-refractivity contribution in [1.82, 2.24) is 0 Å². The highest BCUT2D eigenvalue weighted by Gasteiger charge is 2.04. The molecular formula is C12H22O. The molecule has 1 nitrogen and oxygen atoms in total. The van der Waals surface area contributed by atoms with Gasteiger partial charge in [0.05, 0.1) is 0 Å². The number of rotatable bonds is 6. The topological polar surface area (TPSA) is 17.1 Å². The van der Waals surface area contributed by atoms with Gasteiger partial charge in [0, 0.05) is 0 Å². The van der Waals surface area contributed by atoms with Crippen LogP contribution in [0.4, 0.5) is 0 Å². The summed E-state index contributed by atoms with van der Waals surface area (Å²) in [5.74, 6) is 1.14. The molecular weight excluding hydrogens is 160 g/mol. The quantitative estimate of drug-likeness (QED) is 0.453. The van der Waals surface area contributed by atoms with Crippen molar-refractivity contribution in [1.29, 1.82) is 0 Å². The van der Waals surface area contributed by atoms with Gasteiger partial charge in [-0.1, -0.05) is 33.8 Å². The molecule has 0 amide bonds. The van der Waals surface area contributed by atoms with E-state index in [-0.39, 0.29) is 0 Å². The summed E-state index contributed by atoms with van der Waals surface area (Å²) in [6.07, 6.45) is 6.37. The minimum absolute atomic E-state index is 0.421. The predicted molar refractivity (Wildman–Crippen MR) is 57.7 cm³/mol. The molecule has 0 radical (unpaired) electrons. The zero-order valence-electron chi connectivity index (χ0n) is 9.34. The lowest BCUT2D eigenvalue weighted by Gasteiger charge is -2.08. The van der Waals surface area contributed by atoms with Crippen molar-refractivity contribution in [3.05, 3.63) is 11.6 Å². The number of allylic oxidation sites excluding steroid dienone is 2. The lowest BCUT2D eigenvalue weighted by atomic mass is 9.97. The van der Waals surface area contributed by atoms with E-state index >= 15 is 0 Å². The molecule has 0 fully saturated rings. The van der Waals surface area contributed by atoms with Crippen LogP contribution in [0.3, 0.4) is 0 Å². The first-order valence-corrected chi connectivity index (χ1v) is 5.27. The van der Waals surface area contributed by atoms with E-state index in [0.717, 1.165) is 30.6 Å². The normalized spacial score (nSPS) is 14.7. The molecule has 1 atom stereocenters. The van der Waals surface area contributed by atoms with Crippen molar-refractivity contribution in [2.24, 2.45) is 11.8 Å². The largest absolute Gasteiger partial charge is 0.298 e. The summed E-state index contributed by atoms with van der Waals surface area (Å²) in [6.45, 7) is 8.63. The Balaban J connectivity index is 3.99. The Morgan fingerprint density at radius 1 is 1.31 bits per heavy atom. The van der Waals surface area contributed by atoms with Crippen molar-refractivity contribution >= 4 is 6.29 Å². The minimum Gasteiger partial charge on any atom is -0.298 e. The minimum atomic E-state index is 0.421. The molecule has 0 spiro atoms. The van der Waals surface area contributed by atoms with Crippen molar-refractivity contribution in [2.45, 2.75) is 47.0 Å². The third-order valence-electron chi connectivity index (χ3n) is 2.44. The monoisotopic (exact) mass is 182 g/mol. The van der Waals surface area contributed by atoms with Crippen LogP contribution in [0.1, 0.15) is 47.0 Å². The van der Waals surface area contributed by atoms with Crippen molar-refractivity contribution < 1.29 is 4.79 Å². The van der Waals surface area contributed by atoms with Crippen LogP contribution in [-0.4, -0.2) is 6.29 Å². The second-order valence-electron chi connectivity index (χ2n) is 4.10. The van der Waals surface area contributed by atoms with Gasteiger partial charge in [-0.3, -0.25) is 4.79 Å². The molecule has 0 aromatic heterocycles. The Morgan fingerprint density at radius 3 is 2.31 bits per heavy atom. The standard InChI is InChI=1S/C12H22O/c1-5-11(4)12(9-13)8-6-7-10(2)3/h8-11H,5-7H2,1-4H3. The highest BCUT2D eigenvalue weighted by Crippen LogP contribution is 2.14. The Bertz CT molecular complexity index is 168. The maximum atomic E-state index is 10.7. The maximum absolute atomic E-state index is 10.7. The van der Waals surface area contributed by atoms with Gasteiger partial charge in [-0.15, -0.1) is 0 Å². The molecule has 0 rings (SSSR count). The van der Waals surface area contributed by atoms with Crippen LogP contribution in [0.25, 0.3) is 0 Å². The Morgan fingerprint density at radius 2 is 1.92 bits per heavy atom. The van der Waals surface area contributed by atoms with Crippen LogP contribution in [-0.2, 0) is 4.79 Å². The molecule has 0 bridgehead atoms. The summed E-state index contributed by atoms with van der Waals surface area (Å²) >= 11 is 0. The molecule has 0 saturated carbocycles. The summed E-state index contributed by atoms with van der Waals surface area (Å²) in [5, 5.41) is 0. The van der Waals surface area contributed by atoms with E-state index in [1.165, 1.54) is 6.42 Å². The van der Waals surface area contributed by atoms with E-state index in [2.05, 4.69) is 33.8 Å². The summed E-state index contributed by atoms with van der Waals surface area (Å²) in [6, 6.07) is 0. The highest BCUT2D eigenvalue weighted by atomic mass is 16.1. The van der Waals surface area contributed by atoms with E-state index in [0.29, 0.717) is 5.92 Å². The molecule has 0 heterocycles. The first kappa shape index (κ1) is 12.4. The number of hydrogen-bond acceptors (Lipinski definition) is 1. The van der Waals surface area contributed by atoms with E-state index in [9.17, 15) is 4.79 Å². The van der Waals surface area contributed by atoms with Crippen LogP contribution in [0, 0.1) is 11.8 Å². The van der Waals surface area contributed by atoms with Gasteiger partial charge in [-0.05, 0) is 36.7 Å². The third-order valence-corrected chi connectivity index (χ3v) is 2.44. The first-order chi connectivity index (χ1) is 6.11. The zero-order chi connectivity index (χ0) is 10.3. The molecule has 0 N–H and O–H groups in total. The lowest BCUT2D eigenvalue weighted by molar-refractivity contribution is -0.105. The molecule has 13 heavy (non-hydrogen) atoms. The number of carbonyl (C=O) groups excluding carboxylic acids is 1. The molecule has 1 unspecified atom stereocenters. The fraction of sp³-hybridized carbons (Fsp3) is 0.750. The molecule has 0 aliphatic carbocycles. The highest BCUT2D eigenvalue weighted by molar-refractivity contribution is 5.73. The molecule has 76 valence electrons. The first-order valence-electron chi connectivity index (χ1n) is 5.27. The fourth-order valence-corrected chi connectivity index (χ4v) is 1.18. The van der Waals surface area contributed by atoms with Crippen molar-refractivity contribution in [2.75, 3.05) is 0 Å². The second-order valence-corrected chi connectivity index (χ2v) is 4.10. The van der Waals surface area contributed by atoms with Crippen molar-refractivity contribution in [3.8, 4) is 0 Å². The van der Waals surface area contributed by atoms with Crippen LogP contribution >= 0.6 is 0 Å². The fourth-order valence-electron chi connectivity index (χ4n) is 1.18. The van der Waals surface area contributed by atoms with E-state index in [1.807, 2.05) is 0 Å². The van der Waals surface area contributed by atoms with Gasteiger partial charge in [0.25, 0.3) is 0 Å². The van der Waals surface area contributed by atoms with Gasteiger partial charge >= 0.3 is 0 Å². The average molecular weight is 182 g/mol. The summed E-state index contributed by atoms with van der Waals surface area (Å²) < 4.78 is 0. The summed E-state index contributed by atoms with van der Waals surface area (Å²) in [5.41, 5.74) is 0.975. The van der Waals surface area contributed by atoms with Gasteiger partial charge in [-0.25, -0.2) is 0 Å². The van der Waals surface area contributed by atoms with E-state index in [4.69, 9.17) is 0 Å². The molecule has 0 aromatic carbocycles. The Labute approximate surface area is 82.2 Å². The van der Waals surface area contributed by atoms with Gasteiger partial charge in [0.2, 0.25) is 0 Å². The number of hydrogen-bond donors (Lipinski definition) is 0. The van der Waals surface area contributed by atoms with E-state index < -0.39 is 0 Å². The lowest BCUT2D eigenvalue weighted by Crippen LogP contribution is -1.99. The SMILES string of the molecule is CCC(C)C(C=O)=CCCC(C)C. The zero-order valence-corrected chi connectivity index (χ0v) is 9.34. The predicted octanol–water partition coefficient (Wildman–Crippen LogP) is 3.59.